The maximum Gasteiger partial charge on any atom is 0.422 e. The number of nitrogens with one attached hydrogen (secondary N) is 2. The molecule has 0 aliphatic carbocycles. The average molecular weight is 302 g/mol. The molecule has 0 aliphatic heterocycles. The summed E-state index contributed by atoms with van der Waals surface area (Å²) in [5.74, 6) is 0.488. The minimum Gasteiger partial charge on any atom is -0.497 e. The first-order valence-electron chi connectivity index (χ1n) is 5.79. The molecule has 0 fully saturated rings. The molecule has 7 nitrogen and oxygen atoms in total. The molecule has 112 valence electrons. The Balaban J connectivity index is 2.72. The molecule has 0 saturated heterocycles. The number of anilines is 1. The Kier molecular flexibility index (Phi) is 4.83. The van der Waals surface area contributed by atoms with E-state index in [2.05, 4.69) is 4.72 Å². The van der Waals surface area contributed by atoms with Gasteiger partial charge < -0.3 is 9.47 Å². The highest BCUT2D eigenvalue weighted by Gasteiger charge is 2.21. The van der Waals surface area contributed by atoms with Crippen molar-refractivity contribution in [3.63, 3.8) is 0 Å². The van der Waals surface area contributed by atoms with E-state index in [-0.39, 0.29) is 5.69 Å². The smallest absolute Gasteiger partial charge is 0.422 e. The van der Waals surface area contributed by atoms with E-state index < -0.39 is 21.9 Å². The predicted octanol–water partition coefficient (Wildman–Crippen LogP) is 1.88. The zero-order valence-electron chi connectivity index (χ0n) is 11.8. The molecule has 0 saturated carbocycles. The molecule has 0 aromatic heterocycles. The highest BCUT2D eigenvalue weighted by molar-refractivity contribution is 7.91. The summed E-state index contributed by atoms with van der Waals surface area (Å²) in [6.07, 6.45) is -1.05. The van der Waals surface area contributed by atoms with Crippen LogP contribution in [0.25, 0.3) is 0 Å². The molecule has 0 aliphatic rings. The third-order valence-electron chi connectivity index (χ3n) is 1.94. The van der Waals surface area contributed by atoms with Gasteiger partial charge in [-0.2, -0.15) is 8.42 Å². The van der Waals surface area contributed by atoms with Crippen molar-refractivity contribution in [1.82, 2.24) is 4.72 Å². The Morgan fingerprint density at radius 2 is 1.90 bits per heavy atom. The van der Waals surface area contributed by atoms with Gasteiger partial charge in [0.25, 0.3) is 0 Å². The molecule has 0 radical (unpaired) electrons. The fourth-order valence-electron chi connectivity index (χ4n) is 1.28. The van der Waals surface area contributed by atoms with Crippen LogP contribution in [0.2, 0.25) is 0 Å². The fraction of sp³-hybridized carbons (Fsp3) is 0.417. The van der Waals surface area contributed by atoms with Crippen LogP contribution in [0.1, 0.15) is 20.8 Å². The average Bonchev–Trinajstić information content (AvgIpc) is 2.24. The summed E-state index contributed by atoms with van der Waals surface area (Å²) in [4.78, 5) is 11.4. The summed E-state index contributed by atoms with van der Waals surface area (Å²) < 4.78 is 37.2. The minimum atomic E-state index is -4.06. The van der Waals surface area contributed by atoms with Crippen LogP contribution in [-0.2, 0) is 14.9 Å². The number of rotatable bonds is 4. The van der Waals surface area contributed by atoms with Crippen LogP contribution in [0.4, 0.5) is 10.5 Å². The van der Waals surface area contributed by atoms with Gasteiger partial charge in [-0.15, -0.1) is 0 Å². The normalized spacial score (nSPS) is 11.6. The third kappa shape index (κ3) is 5.79. The molecule has 1 aromatic rings. The zero-order chi connectivity index (χ0) is 15.4. The van der Waals surface area contributed by atoms with Crippen molar-refractivity contribution in [2.24, 2.45) is 0 Å². The van der Waals surface area contributed by atoms with E-state index in [1.807, 2.05) is 0 Å². The van der Waals surface area contributed by atoms with Crippen LogP contribution >= 0.6 is 0 Å². The topological polar surface area (TPSA) is 93.7 Å². The lowest BCUT2D eigenvalue weighted by Gasteiger charge is -2.19. The summed E-state index contributed by atoms with van der Waals surface area (Å²) in [6, 6.07) is 6.29. The molecule has 0 bridgehead atoms. The Morgan fingerprint density at radius 3 is 2.45 bits per heavy atom. The Bertz CT molecular complexity index is 578. The Morgan fingerprint density at radius 1 is 1.25 bits per heavy atom. The Labute approximate surface area is 118 Å². The monoisotopic (exact) mass is 302 g/mol. The van der Waals surface area contributed by atoms with Crippen molar-refractivity contribution in [2.45, 2.75) is 26.4 Å². The number of amides is 1. The van der Waals surface area contributed by atoms with Crippen LogP contribution in [0.5, 0.6) is 5.75 Å². The second-order valence-corrected chi connectivity index (χ2v) is 6.36. The Hall–Kier alpha value is -1.96. The molecule has 0 atom stereocenters. The lowest BCUT2D eigenvalue weighted by atomic mass is 10.2. The third-order valence-corrected chi connectivity index (χ3v) is 2.88. The second-order valence-electron chi connectivity index (χ2n) is 4.94. The summed E-state index contributed by atoms with van der Waals surface area (Å²) in [7, 11) is -2.60. The SMILES string of the molecule is COc1cccc(NS(=O)(=O)NC(=O)OC(C)(C)C)c1. The van der Waals surface area contributed by atoms with Crippen LogP contribution in [0, 0.1) is 0 Å². The largest absolute Gasteiger partial charge is 0.497 e. The van der Waals surface area contributed by atoms with Crippen molar-refractivity contribution in [2.75, 3.05) is 11.8 Å². The van der Waals surface area contributed by atoms with Gasteiger partial charge in [-0.3, -0.25) is 4.72 Å². The first-order chi connectivity index (χ1) is 9.11. The van der Waals surface area contributed by atoms with Gasteiger partial charge in [-0.1, -0.05) is 6.07 Å². The number of methoxy groups -OCH3 is 1. The molecule has 0 spiro atoms. The first-order valence-corrected chi connectivity index (χ1v) is 7.27. The van der Waals surface area contributed by atoms with E-state index in [0.717, 1.165) is 0 Å². The second kappa shape index (κ2) is 6.00. The van der Waals surface area contributed by atoms with Gasteiger partial charge in [0, 0.05) is 6.07 Å². The van der Waals surface area contributed by atoms with E-state index in [0.29, 0.717) is 5.75 Å². The minimum absolute atomic E-state index is 0.264. The molecule has 1 aromatic carbocycles. The number of benzene rings is 1. The maximum absolute atomic E-state index is 11.7. The molecule has 1 amide bonds. The molecule has 0 unspecified atom stereocenters. The molecule has 0 heterocycles. The summed E-state index contributed by atoms with van der Waals surface area (Å²) >= 11 is 0. The number of hydrogen-bond donors (Lipinski definition) is 2. The van der Waals surface area contributed by atoms with E-state index in [4.69, 9.17) is 9.47 Å². The molecule has 2 N–H and O–H groups in total. The van der Waals surface area contributed by atoms with Crippen molar-refractivity contribution in [1.29, 1.82) is 0 Å². The van der Waals surface area contributed by atoms with Gasteiger partial charge in [0.2, 0.25) is 0 Å². The van der Waals surface area contributed by atoms with Crippen LogP contribution < -0.4 is 14.2 Å². The fourth-order valence-corrected chi connectivity index (χ4v) is 2.03. The van der Waals surface area contributed by atoms with Crippen molar-refractivity contribution in [3.8, 4) is 5.75 Å². The zero-order valence-corrected chi connectivity index (χ0v) is 12.6. The van der Waals surface area contributed by atoms with Crippen molar-refractivity contribution >= 4 is 22.0 Å². The summed E-state index contributed by atoms with van der Waals surface area (Å²) in [5, 5.41) is 0. The highest BCUT2D eigenvalue weighted by atomic mass is 32.2. The van der Waals surface area contributed by atoms with Gasteiger partial charge in [0.05, 0.1) is 12.8 Å². The molecular formula is C12H18N2O5S. The van der Waals surface area contributed by atoms with Crippen molar-refractivity contribution in [3.05, 3.63) is 24.3 Å². The van der Waals surface area contributed by atoms with Crippen LogP contribution in [0.15, 0.2) is 24.3 Å². The quantitative estimate of drug-likeness (QED) is 0.885. The van der Waals surface area contributed by atoms with E-state index >= 15 is 0 Å². The summed E-state index contributed by atoms with van der Waals surface area (Å²) in [5.41, 5.74) is -0.518. The van der Waals surface area contributed by atoms with Gasteiger partial charge in [0.15, 0.2) is 0 Å². The molecule has 1 rings (SSSR count). The standard InChI is InChI=1S/C12H18N2O5S/c1-12(2,3)19-11(15)14-20(16,17)13-9-6-5-7-10(8-9)18-4/h5-8,13H,1-4H3,(H,14,15). The van der Waals surface area contributed by atoms with E-state index in [9.17, 15) is 13.2 Å². The first kappa shape index (κ1) is 16.1. The molecule has 20 heavy (non-hydrogen) atoms. The number of carbonyl (C=O) groups is 1. The van der Waals surface area contributed by atoms with Crippen LogP contribution in [-0.4, -0.2) is 27.2 Å². The van der Waals surface area contributed by atoms with E-state index in [1.54, 1.807) is 37.6 Å². The van der Waals surface area contributed by atoms with Gasteiger partial charge in [-0.05, 0) is 32.9 Å². The lowest BCUT2D eigenvalue weighted by Crippen LogP contribution is -2.39. The highest BCUT2D eigenvalue weighted by Crippen LogP contribution is 2.17. The lowest BCUT2D eigenvalue weighted by molar-refractivity contribution is 0.0570. The molecular weight excluding hydrogens is 284 g/mol. The predicted molar refractivity (Wildman–Crippen MR) is 74.9 cm³/mol. The van der Waals surface area contributed by atoms with E-state index in [1.165, 1.54) is 19.2 Å². The van der Waals surface area contributed by atoms with Crippen molar-refractivity contribution < 1.29 is 22.7 Å². The number of hydrogen-bond acceptors (Lipinski definition) is 5. The molecule has 8 heteroatoms. The maximum atomic E-state index is 11.7. The van der Waals surface area contributed by atoms with Crippen LogP contribution in [0.3, 0.4) is 0 Å². The number of ether oxygens (including phenoxy) is 2. The van der Waals surface area contributed by atoms with Gasteiger partial charge in [-0.25, -0.2) is 9.52 Å². The van der Waals surface area contributed by atoms with Gasteiger partial charge in [0.1, 0.15) is 11.4 Å². The summed E-state index contributed by atoms with van der Waals surface area (Å²) in [6.45, 7) is 4.90. The van der Waals surface area contributed by atoms with Gasteiger partial charge >= 0.3 is 16.3 Å². The number of carbonyl (C=O) groups excluding carboxylic acids is 1.